The molecule has 5 nitrogen and oxygen atoms in total. The van der Waals surface area contributed by atoms with Crippen molar-refractivity contribution in [3.63, 3.8) is 0 Å². The van der Waals surface area contributed by atoms with E-state index in [1.807, 2.05) is 0 Å². The van der Waals surface area contributed by atoms with Gasteiger partial charge in [0.1, 0.15) is 16.9 Å². The summed E-state index contributed by atoms with van der Waals surface area (Å²) < 4.78 is 24.2. The maximum atomic E-state index is 11.7. The highest BCUT2D eigenvalue weighted by Crippen LogP contribution is 2.28. The van der Waals surface area contributed by atoms with E-state index in [-0.39, 0.29) is 0 Å². The molecule has 1 unspecified atom stereocenters. The second kappa shape index (κ2) is 7.36. The fourth-order valence-corrected chi connectivity index (χ4v) is 2.65. The molecule has 1 aromatic heterocycles. The first-order chi connectivity index (χ1) is 9.31. The van der Waals surface area contributed by atoms with Crippen LogP contribution in [-0.4, -0.2) is 31.2 Å². The lowest BCUT2D eigenvalue weighted by molar-refractivity contribution is 0.588. The summed E-state index contributed by atoms with van der Waals surface area (Å²) in [7, 11) is -3.21. The summed E-state index contributed by atoms with van der Waals surface area (Å²) in [6.45, 7) is 6.54. The van der Waals surface area contributed by atoms with Crippen molar-refractivity contribution in [2.24, 2.45) is 0 Å². The average Bonchev–Trinajstić information content (AvgIpc) is 2.38. The third-order valence-electron chi connectivity index (χ3n) is 2.97. The third-order valence-corrected chi connectivity index (χ3v) is 5.30. The van der Waals surface area contributed by atoms with E-state index in [9.17, 15) is 8.42 Å². The zero-order valence-corrected chi connectivity index (χ0v) is 14.8. The summed E-state index contributed by atoms with van der Waals surface area (Å²) in [6, 6.07) is 0. The van der Waals surface area contributed by atoms with Crippen LogP contribution in [0, 0.1) is 0 Å². The Morgan fingerprint density at radius 3 is 2.40 bits per heavy atom. The zero-order chi connectivity index (χ0) is 15.3. The first-order valence-corrected chi connectivity index (χ1v) is 9.55. The van der Waals surface area contributed by atoms with Crippen LogP contribution in [0.4, 0.5) is 5.82 Å². The molecule has 1 rings (SSSR count). The van der Waals surface area contributed by atoms with Crippen molar-refractivity contribution in [3.05, 3.63) is 16.0 Å². The van der Waals surface area contributed by atoms with Crippen LogP contribution in [-0.2, 0) is 16.3 Å². The molecule has 114 valence electrons. The van der Waals surface area contributed by atoms with E-state index in [4.69, 9.17) is 0 Å². The molecule has 1 N–H and O–H groups in total. The molecule has 0 amide bonds. The average molecular weight is 364 g/mol. The molecule has 7 heteroatoms. The van der Waals surface area contributed by atoms with E-state index >= 15 is 0 Å². The monoisotopic (exact) mass is 363 g/mol. The molecule has 0 spiro atoms. The lowest BCUT2D eigenvalue weighted by Gasteiger charge is -2.15. The Morgan fingerprint density at radius 1 is 1.25 bits per heavy atom. The van der Waals surface area contributed by atoms with Crippen molar-refractivity contribution in [2.75, 3.05) is 18.1 Å². The SMILES string of the molecule is CCCNc1nc(C(C)S(C)(=O)=O)nc(CCC)c1Br. The number of nitrogens with zero attached hydrogens (tertiary/aromatic N) is 2. The van der Waals surface area contributed by atoms with Crippen molar-refractivity contribution in [2.45, 2.75) is 45.3 Å². The number of sulfone groups is 1. The Hall–Kier alpha value is -0.690. The van der Waals surface area contributed by atoms with Gasteiger partial charge < -0.3 is 5.32 Å². The number of hydrogen-bond donors (Lipinski definition) is 1. The van der Waals surface area contributed by atoms with Gasteiger partial charge in [-0.25, -0.2) is 18.4 Å². The summed E-state index contributed by atoms with van der Waals surface area (Å²) in [5.74, 6) is 1.04. The largest absolute Gasteiger partial charge is 0.369 e. The zero-order valence-electron chi connectivity index (χ0n) is 12.4. The van der Waals surface area contributed by atoms with E-state index < -0.39 is 15.1 Å². The van der Waals surface area contributed by atoms with Crippen molar-refractivity contribution in [3.8, 4) is 0 Å². The second-order valence-corrected chi connectivity index (χ2v) is 8.00. The highest BCUT2D eigenvalue weighted by Gasteiger charge is 2.23. The maximum absolute atomic E-state index is 11.7. The molecule has 0 aliphatic carbocycles. The van der Waals surface area contributed by atoms with Crippen LogP contribution in [0.1, 0.15) is 50.4 Å². The number of aryl methyl sites for hydroxylation is 1. The molecule has 0 saturated carbocycles. The highest BCUT2D eigenvalue weighted by molar-refractivity contribution is 9.10. The van der Waals surface area contributed by atoms with Gasteiger partial charge in [-0.15, -0.1) is 0 Å². The van der Waals surface area contributed by atoms with Crippen LogP contribution in [0.5, 0.6) is 0 Å². The van der Waals surface area contributed by atoms with E-state index in [2.05, 4.69) is 45.1 Å². The van der Waals surface area contributed by atoms with Crippen LogP contribution in [0.3, 0.4) is 0 Å². The van der Waals surface area contributed by atoms with Gasteiger partial charge in [0.15, 0.2) is 9.84 Å². The molecule has 1 heterocycles. The predicted octanol–water partition coefficient (Wildman–Crippen LogP) is 3.12. The topological polar surface area (TPSA) is 72.0 Å². The fourth-order valence-electron chi connectivity index (χ4n) is 1.65. The summed E-state index contributed by atoms with van der Waals surface area (Å²) in [4.78, 5) is 8.79. The number of nitrogens with one attached hydrogen (secondary N) is 1. The first-order valence-electron chi connectivity index (χ1n) is 6.80. The van der Waals surface area contributed by atoms with Gasteiger partial charge in [0, 0.05) is 12.8 Å². The van der Waals surface area contributed by atoms with Crippen molar-refractivity contribution < 1.29 is 8.42 Å². The Morgan fingerprint density at radius 2 is 1.90 bits per heavy atom. The van der Waals surface area contributed by atoms with Gasteiger partial charge in [-0.05, 0) is 35.7 Å². The van der Waals surface area contributed by atoms with E-state index in [1.165, 1.54) is 6.26 Å². The number of aromatic nitrogens is 2. The molecule has 0 aliphatic rings. The number of rotatable bonds is 7. The van der Waals surface area contributed by atoms with Crippen molar-refractivity contribution in [1.29, 1.82) is 0 Å². The molecule has 0 saturated heterocycles. The maximum Gasteiger partial charge on any atom is 0.157 e. The molecule has 0 fully saturated rings. The Bertz CT molecular complexity index is 561. The predicted molar refractivity (Wildman–Crippen MR) is 85.8 cm³/mol. The smallest absolute Gasteiger partial charge is 0.157 e. The van der Waals surface area contributed by atoms with E-state index in [1.54, 1.807) is 6.92 Å². The molecule has 0 aromatic carbocycles. The van der Waals surface area contributed by atoms with Gasteiger partial charge in [0.25, 0.3) is 0 Å². The number of halogens is 1. The van der Waals surface area contributed by atoms with Gasteiger partial charge in [-0.3, -0.25) is 0 Å². The Labute approximate surface area is 129 Å². The third kappa shape index (κ3) is 4.41. The minimum Gasteiger partial charge on any atom is -0.369 e. The van der Waals surface area contributed by atoms with Crippen LogP contribution >= 0.6 is 15.9 Å². The summed E-state index contributed by atoms with van der Waals surface area (Å²) in [5.41, 5.74) is 0.853. The Balaban J connectivity index is 3.28. The van der Waals surface area contributed by atoms with E-state index in [0.717, 1.165) is 36.0 Å². The van der Waals surface area contributed by atoms with Crippen molar-refractivity contribution >= 4 is 31.6 Å². The highest BCUT2D eigenvalue weighted by atomic mass is 79.9. The van der Waals surface area contributed by atoms with Gasteiger partial charge in [0.2, 0.25) is 0 Å². The van der Waals surface area contributed by atoms with Crippen LogP contribution in [0.2, 0.25) is 0 Å². The standard InChI is InChI=1S/C13H22BrN3O2S/c1-5-7-10-11(14)13(15-8-6-2)17-12(16-10)9(3)20(4,18)19/h9H,5-8H2,1-4H3,(H,15,16,17). The van der Waals surface area contributed by atoms with Crippen LogP contribution in [0.25, 0.3) is 0 Å². The van der Waals surface area contributed by atoms with Crippen LogP contribution < -0.4 is 5.32 Å². The van der Waals surface area contributed by atoms with Gasteiger partial charge >= 0.3 is 0 Å². The van der Waals surface area contributed by atoms with Crippen molar-refractivity contribution in [1.82, 2.24) is 9.97 Å². The fraction of sp³-hybridized carbons (Fsp3) is 0.692. The molecule has 20 heavy (non-hydrogen) atoms. The van der Waals surface area contributed by atoms with E-state index in [0.29, 0.717) is 11.6 Å². The molecule has 0 radical (unpaired) electrons. The second-order valence-electron chi connectivity index (χ2n) is 4.84. The molecule has 1 atom stereocenters. The lowest BCUT2D eigenvalue weighted by atomic mass is 10.2. The quantitative estimate of drug-likeness (QED) is 0.805. The summed E-state index contributed by atoms with van der Waals surface area (Å²) >= 11 is 3.51. The molecule has 0 bridgehead atoms. The molecular weight excluding hydrogens is 342 g/mol. The van der Waals surface area contributed by atoms with Gasteiger partial charge in [-0.1, -0.05) is 20.3 Å². The summed E-state index contributed by atoms with van der Waals surface area (Å²) in [5, 5.41) is 2.51. The Kier molecular flexibility index (Phi) is 6.39. The minimum atomic E-state index is -3.21. The molecular formula is C13H22BrN3O2S. The van der Waals surface area contributed by atoms with Crippen LogP contribution in [0.15, 0.2) is 4.47 Å². The molecule has 1 aromatic rings. The van der Waals surface area contributed by atoms with Gasteiger partial charge in [-0.2, -0.15) is 0 Å². The number of anilines is 1. The normalized spacial score (nSPS) is 13.2. The summed E-state index contributed by atoms with van der Waals surface area (Å²) in [6.07, 6.45) is 3.90. The molecule has 0 aliphatic heterocycles. The minimum absolute atomic E-state index is 0.359. The lowest BCUT2D eigenvalue weighted by Crippen LogP contribution is -2.15. The number of hydrogen-bond acceptors (Lipinski definition) is 5. The first kappa shape index (κ1) is 17.4. The van der Waals surface area contributed by atoms with Gasteiger partial charge in [0.05, 0.1) is 10.2 Å².